The van der Waals surface area contributed by atoms with E-state index in [4.69, 9.17) is 0 Å². The second-order valence-corrected chi connectivity index (χ2v) is 5.15. The second-order valence-electron chi connectivity index (χ2n) is 5.15. The maximum absolute atomic E-state index is 11.7. The van der Waals surface area contributed by atoms with Crippen LogP contribution in [0.3, 0.4) is 0 Å². The van der Waals surface area contributed by atoms with Gasteiger partial charge in [-0.1, -0.05) is 0 Å². The molecule has 0 bridgehead atoms. The number of rotatable bonds is 7. The summed E-state index contributed by atoms with van der Waals surface area (Å²) in [4.78, 5) is 45.9. The van der Waals surface area contributed by atoms with E-state index in [0.717, 1.165) is 0 Å². The molecule has 0 aromatic rings. The molecule has 0 unspecified atom stereocenters. The number of Topliss-reactive ketones (excluding diaryl/α,β-unsaturated/α-hetero) is 3. The van der Waals surface area contributed by atoms with E-state index in [0.29, 0.717) is 25.7 Å². The molecule has 0 amide bonds. The molecule has 5 nitrogen and oxygen atoms in total. The van der Waals surface area contributed by atoms with Crippen molar-refractivity contribution in [2.75, 3.05) is 7.11 Å². The molecule has 1 rings (SSSR count). The van der Waals surface area contributed by atoms with Gasteiger partial charge < -0.3 is 4.74 Å². The lowest BCUT2D eigenvalue weighted by Gasteiger charge is -2.19. The maximum atomic E-state index is 11.7. The third kappa shape index (κ3) is 3.98. The molecule has 0 aliphatic heterocycles. The monoisotopic (exact) mass is 268 g/mol. The molecule has 19 heavy (non-hydrogen) atoms. The van der Waals surface area contributed by atoms with E-state index in [-0.39, 0.29) is 42.6 Å². The van der Waals surface area contributed by atoms with E-state index in [9.17, 15) is 19.2 Å². The number of esters is 1. The summed E-state index contributed by atoms with van der Waals surface area (Å²) in [5, 5.41) is 0. The van der Waals surface area contributed by atoms with E-state index < -0.39 is 5.41 Å². The number of ether oxygens (including phenoxy) is 1. The normalized spacial score (nSPS) is 17.6. The van der Waals surface area contributed by atoms with Crippen LogP contribution in [0.25, 0.3) is 0 Å². The van der Waals surface area contributed by atoms with Crippen LogP contribution in [0.15, 0.2) is 0 Å². The lowest BCUT2D eigenvalue weighted by molar-refractivity contribution is -0.140. The number of hydrogen-bond acceptors (Lipinski definition) is 5. The summed E-state index contributed by atoms with van der Waals surface area (Å²) in [6.45, 7) is 1.63. The van der Waals surface area contributed by atoms with Gasteiger partial charge in [-0.25, -0.2) is 0 Å². The standard InChI is InChI=1S/C14H20O5/c1-14(11(16)6-7-12(14)17)9-8-10(15)4-3-5-13(18)19-2/h3-9H2,1-2H3. The third-order valence-corrected chi connectivity index (χ3v) is 3.78. The zero-order valence-corrected chi connectivity index (χ0v) is 11.5. The number of hydrogen-bond donors (Lipinski definition) is 0. The van der Waals surface area contributed by atoms with Crippen molar-refractivity contribution in [1.82, 2.24) is 0 Å². The molecule has 0 spiro atoms. The number of carbonyl (C=O) groups is 4. The molecule has 1 aliphatic rings. The molecule has 0 radical (unpaired) electrons. The van der Waals surface area contributed by atoms with Crippen molar-refractivity contribution in [3.8, 4) is 0 Å². The lowest BCUT2D eigenvalue weighted by atomic mass is 9.81. The van der Waals surface area contributed by atoms with Gasteiger partial charge in [-0.2, -0.15) is 0 Å². The number of ketones is 3. The van der Waals surface area contributed by atoms with Crippen LogP contribution in [0.5, 0.6) is 0 Å². The van der Waals surface area contributed by atoms with Crippen LogP contribution in [0.1, 0.15) is 51.9 Å². The SMILES string of the molecule is COC(=O)CCCC(=O)CCC1(C)C(=O)CCC1=O. The molecule has 0 aromatic carbocycles. The first-order valence-corrected chi connectivity index (χ1v) is 6.55. The van der Waals surface area contributed by atoms with Crippen LogP contribution in [0.2, 0.25) is 0 Å². The lowest BCUT2D eigenvalue weighted by Crippen LogP contribution is -2.29. The number of methoxy groups -OCH3 is 1. The molecule has 5 heteroatoms. The van der Waals surface area contributed by atoms with Crippen molar-refractivity contribution in [2.45, 2.75) is 51.9 Å². The fourth-order valence-electron chi connectivity index (χ4n) is 2.26. The maximum Gasteiger partial charge on any atom is 0.305 e. The van der Waals surface area contributed by atoms with Gasteiger partial charge in [0.2, 0.25) is 0 Å². The predicted octanol–water partition coefficient (Wildman–Crippen LogP) is 1.62. The Bertz CT molecular complexity index is 381. The summed E-state index contributed by atoms with van der Waals surface area (Å²) < 4.78 is 4.48. The summed E-state index contributed by atoms with van der Waals surface area (Å²) in [7, 11) is 1.31. The van der Waals surface area contributed by atoms with Crippen LogP contribution in [0, 0.1) is 5.41 Å². The average Bonchev–Trinajstić information content (AvgIpc) is 2.64. The zero-order chi connectivity index (χ0) is 14.5. The van der Waals surface area contributed by atoms with Crippen LogP contribution < -0.4 is 0 Å². The fraction of sp³-hybridized carbons (Fsp3) is 0.714. The number of carbonyl (C=O) groups excluding carboxylic acids is 4. The second kappa shape index (κ2) is 6.59. The average molecular weight is 268 g/mol. The van der Waals surface area contributed by atoms with Crippen molar-refractivity contribution in [2.24, 2.45) is 5.41 Å². The molecule has 0 atom stereocenters. The van der Waals surface area contributed by atoms with Gasteiger partial charge in [-0.3, -0.25) is 19.2 Å². The Kier molecular flexibility index (Phi) is 5.39. The van der Waals surface area contributed by atoms with Crippen molar-refractivity contribution in [3.05, 3.63) is 0 Å². The predicted molar refractivity (Wildman–Crippen MR) is 67.5 cm³/mol. The molecule has 0 saturated heterocycles. The first-order valence-electron chi connectivity index (χ1n) is 6.55. The van der Waals surface area contributed by atoms with Crippen molar-refractivity contribution < 1.29 is 23.9 Å². The highest BCUT2D eigenvalue weighted by Crippen LogP contribution is 2.35. The van der Waals surface area contributed by atoms with Crippen LogP contribution in [-0.4, -0.2) is 30.4 Å². The van der Waals surface area contributed by atoms with Crippen molar-refractivity contribution in [1.29, 1.82) is 0 Å². The summed E-state index contributed by atoms with van der Waals surface area (Å²) in [5.74, 6) is -0.460. The summed E-state index contributed by atoms with van der Waals surface area (Å²) >= 11 is 0. The Morgan fingerprint density at radius 2 is 1.68 bits per heavy atom. The smallest absolute Gasteiger partial charge is 0.305 e. The Hall–Kier alpha value is -1.52. The van der Waals surface area contributed by atoms with Gasteiger partial charge in [-0.15, -0.1) is 0 Å². The van der Waals surface area contributed by atoms with Gasteiger partial charge >= 0.3 is 5.97 Å². The summed E-state index contributed by atoms with van der Waals surface area (Å²) in [6.07, 6.45) is 2.06. The first-order chi connectivity index (χ1) is 8.90. The quantitative estimate of drug-likeness (QED) is 0.518. The van der Waals surface area contributed by atoms with E-state index in [1.807, 2.05) is 0 Å². The molecule has 1 aliphatic carbocycles. The van der Waals surface area contributed by atoms with Crippen molar-refractivity contribution in [3.63, 3.8) is 0 Å². The first kappa shape index (κ1) is 15.5. The van der Waals surface area contributed by atoms with Gasteiger partial charge in [0.1, 0.15) is 17.3 Å². The fourth-order valence-corrected chi connectivity index (χ4v) is 2.26. The Labute approximate surface area is 112 Å². The Balaban J connectivity index is 2.32. The van der Waals surface area contributed by atoms with Crippen LogP contribution in [0.4, 0.5) is 0 Å². The molecule has 0 N–H and O–H groups in total. The van der Waals surface area contributed by atoms with Gasteiger partial charge in [-0.05, 0) is 19.8 Å². The van der Waals surface area contributed by atoms with E-state index >= 15 is 0 Å². The topological polar surface area (TPSA) is 77.5 Å². The van der Waals surface area contributed by atoms with Crippen LogP contribution in [-0.2, 0) is 23.9 Å². The molecule has 1 saturated carbocycles. The highest BCUT2D eigenvalue weighted by molar-refractivity contribution is 6.12. The molecule has 0 heterocycles. The molecular weight excluding hydrogens is 248 g/mol. The third-order valence-electron chi connectivity index (χ3n) is 3.78. The largest absolute Gasteiger partial charge is 0.469 e. The van der Waals surface area contributed by atoms with Gasteiger partial charge in [0.05, 0.1) is 12.5 Å². The van der Waals surface area contributed by atoms with E-state index in [1.54, 1.807) is 6.92 Å². The Morgan fingerprint density at radius 1 is 1.11 bits per heavy atom. The summed E-state index contributed by atoms with van der Waals surface area (Å²) in [6, 6.07) is 0. The minimum absolute atomic E-state index is 0.0161. The van der Waals surface area contributed by atoms with Gasteiger partial charge in [0, 0.05) is 32.1 Å². The summed E-state index contributed by atoms with van der Waals surface area (Å²) in [5.41, 5.74) is -0.960. The molecule has 1 fully saturated rings. The van der Waals surface area contributed by atoms with E-state index in [2.05, 4.69) is 4.74 Å². The van der Waals surface area contributed by atoms with Gasteiger partial charge in [0.15, 0.2) is 0 Å². The van der Waals surface area contributed by atoms with Crippen molar-refractivity contribution >= 4 is 23.3 Å². The minimum Gasteiger partial charge on any atom is -0.469 e. The highest BCUT2D eigenvalue weighted by atomic mass is 16.5. The van der Waals surface area contributed by atoms with E-state index in [1.165, 1.54) is 7.11 Å². The highest BCUT2D eigenvalue weighted by Gasteiger charge is 2.44. The molecular formula is C14H20O5. The van der Waals surface area contributed by atoms with Crippen LogP contribution >= 0.6 is 0 Å². The Morgan fingerprint density at radius 3 is 2.21 bits per heavy atom. The molecule has 106 valence electrons. The van der Waals surface area contributed by atoms with Gasteiger partial charge in [0.25, 0.3) is 0 Å². The molecule has 0 aromatic heterocycles. The minimum atomic E-state index is -0.960. The zero-order valence-electron chi connectivity index (χ0n) is 11.5.